The van der Waals surface area contributed by atoms with Gasteiger partial charge in [-0.1, -0.05) is 23.2 Å². The Balaban J connectivity index is 1.82. The van der Waals surface area contributed by atoms with Gasteiger partial charge < -0.3 is 9.73 Å². The summed E-state index contributed by atoms with van der Waals surface area (Å²) in [5, 5.41) is 3.09. The second-order valence-electron chi connectivity index (χ2n) is 5.48. The van der Waals surface area contributed by atoms with Crippen LogP contribution in [0.2, 0.25) is 10.0 Å². The molecule has 1 saturated heterocycles. The summed E-state index contributed by atoms with van der Waals surface area (Å²) < 4.78 is 5.23. The van der Waals surface area contributed by atoms with Crippen molar-refractivity contribution in [2.45, 2.75) is 12.5 Å². The molecule has 1 fully saturated rings. The van der Waals surface area contributed by atoms with Crippen LogP contribution in [-0.4, -0.2) is 29.2 Å². The topological polar surface area (TPSA) is 79.6 Å². The standard InChI is InChI=1S/C16H12Cl2N2O4/c1-16(13-3-2-6-24-13)14(22)20(15(23)19-16)8-12(21)9-4-5-10(17)11(18)7-9/h2-7H,8H2,1H3,(H,19,23). The van der Waals surface area contributed by atoms with Crippen LogP contribution in [0.15, 0.2) is 41.0 Å². The summed E-state index contributed by atoms with van der Waals surface area (Å²) in [5.74, 6) is -0.693. The van der Waals surface area contributed by atoms with Crippen LogP contribution in [0.3, 0.4) is 0 Å². The number of carbonyl (C=O) groups is 3. The maximum atomic E-state index is 12.6. The molecule has 124 valence electrons. The first kappa shape index (κ1) is 16.5. The van der Waals surface area contributed by atoms with E-state index < -0.39 is 29.8 Å². The molecular weight excluding hydrogens is 355 g/mol. The van der Waals surface area contributed by atoms with Gasteiger partial charge in [-0.05, 0) is 37.3 Å². The van der Waals surface area contributed by atoms with Crippen molar-refractivity contribution in [3.05, 3.63) is 58.0 Å². The Bertz CT molecular complexity index is 835. The van der Waals surface area contributed by atoms with Gasteiger partial charge in [0.15, 0.2) is 11.3 Å². The SMILES string of the molecule is CC1(c2ccco2)NC(=O)N(CC(=O)c2ccc(Cl)c(Cl)c2)C1=O. The summed E-state index contributed by atoms with van der Waals surface area (Å²) in [6, 6.07) is 6.91. The molecular formula is C16H12Cl2N2O4. The lowest BCUT2D eigenvalue weighted by atomic mass is 9.99. The molecule has 1 aliphatic rings. The third-order valence-electron chi connectivity index (χ3n) is 3.83. The Morgan fingerprint density at radius 2 is 2.00 bits per heavy atom. The number of amides is 3. The Hall–Kier alpha value is -2.31. The van der Waals surface area contributed by atoms with E-state index in [1.54, 1.807) is 12.1 Å². The highest BCUT2D eigenvalue weighted by atomic mass is 35.5. The first-order valence-corrected chi connectivity index (χ1v) is 7.75. The van der Waals surface area contributed by atoms with Crippen LogP contribution in [0.4, 0.5) is 4.79 Å². The first-order valence-electron chi connectivity index (χ1n) is 6.99. The molecule has 0 spiro atoms. The van der Waals surface area contributed by atoms with Crippen molar-refractivity contribution in [1.29, 1.82) is 0 Å². The highest BCUT2D eigenvalue weighted by Gasteiger charge is 2.51. The lowest BCUT2D eigenvalue weighted by Gasteiger charge is -2.18. The van der Waals surface area contributed by atoms with Gasteiger partial charge >= 0.3 is 6.03 Å². The summed E-state index contributed by atoms with van der Waals surface area (Å²) in [7, 11) is 0. The molecule has 3 amide bonds. The number of urea groups is 1. The first-order chi connectivity index (χ1) is 11.3. The number of Topliss-reactive ketones (excluding diaryl/α,β-unsaturated/α-hetero) is 1. The Labute approximate surface area is 147 Å². The monoisotopic (exact) mass is 366 g/mol. The molecule has 8 heteroatoms. The zero-order chi connectivity index (χ0) is 17.5. The number of carbonyl (C=O) groups excluding carboxylic acids is 3. The molecule has 24 heavy (non-hydrogen) atoms. The van der Waals surface area contributed by atoms with E-state index in [9.17, 15) is 14.4 Å². The fourth-order valence-corrected chi connectivity index (χ4v) is 2.77. The fraction of sp³-hybridized carbons (Fsp3) is 0.188. The van der Waals surface area contributed by atoms with E-state index in [1.165, 1.54) is 31.4 Å². The molecule has 2 aromatic rings. The van der Waals surface area contributed by atoms with Gasteiger partial charge in [0.2, 0.25) is 0 Å². The Morgan fingerprint density at radius 1 is 1.25 bits per heavy atom. The van der Waals surface area contributed by atoms with Crippen molar-refractivity contribution in [3.8, 4) is 0 Å². The van der Waals surface area contributed by atoms with E-state index in [2.05, 4.69) is 5.32 Å². The second kappa shape index (κ2) is 5.96. The minimum atomic E-state index is -1.33. The molecule has 6 nitrogen and oxygen atoms in total. The van der Waals surface area contributed by atoms with Crippen LogP contribution in [-0.2, 0) is 10.3 Å². The zero-order valence-corrected chi connectivity index (χ0v) is 14.0. The predicted octanol–water partition coefficient (Wildman–Crippen LogP) is 3.24. The molecule has 1 aliphatic heterocycles. The van der Waals surface area contributed by atoms with Crippen molar-refractivity contribution in [1.82, 2.24) is 10.2 Å². The normalized spacial score (nSPS) is 20.4. The van der Waals surface area contributed by atoms with Crippen LogP contribution in [0, 0.1) is 0 Å². The van der Waals surface area contributed by atoms with Gasteiger partial charge in [0.05, 0.1) is 22.9 Å². The average molecular weight is 367 g/mol. The number of hydrogen-bond acceptors (Lipinski definition) is 4. The number of benzene rings is 1. The van der Waals surface area contributed by atoms with E-state index in [-0.39, 0.29) is 10.6 Å². The van der Waals surface area contributed by atoms with Crippen LogP contribution in [0.1, 0.15) is 23.0 Å². The highest BCUT2D eigenvalue weighted by Crippen LogP contribution is 2.29. The summed E-state index contributed by atoms with van der Waals surface area (Å²) in [6.45, 7) is 1.12. The number of halogens is 2. The summed E-state index contributed by atoms with van der Waals surface area (Å²) in [5.41, 5.74) is -1.07. The summed E-state index contributed by atoms with van der Waals surface area (Å²) in [6.07, 6.45) is 1.41. The number of nitrogens with zero attached hydrogens (tertiary/aromatic N) is 1. The molecule has 0 bridgehead atoms. The highest BCUT2D eigenvalue weighted by molar-refractivity contribution is 6.42. The second-order valence-corrected chi connectivity index (χ2v) is 6.29. The third-order valence-corrected chi connectivity index (χ3v) is 4.57. The van der Waals surface area contributed by atoms with Gasteiger partial charge in [0.25, 0.3) is 5.91 Å². The Kier molecular flexibility index (Phi) is 4.11. The van der Waals surface area contributed by atoms with E-state index in [0.717, 1.165) is 4.90 Å². The number of ketones is 1. The number of furan rings is 1. The molecule has 0 aliphatic carbocycles. The van der Waals surface area contributed by atoms with Crippen molar-refractivity contribution in [3.63, 3.8) is 0 Å². The lowest BCUT2D eigenvalue weighted by molar-refractivity contribution is -0.131. The molecule has 2 heterocycles. The molecule has 1 aromatic carbocycles. The molecule has 1 atom stereocenters. The van der Waals surface area contributed by atoms with Gasteiger partial charge in [-0.2, -0.15) is 0 Å². The quantitative estimate of drug-likeness (QED) is 0.665. The maximum Gasteiger partial charge on any atom is 0.325 e. The average Bonchev–Trinajstić information content (AvgIpc) is 3.14. The molecule has 1 N–H and O–H groups in total. The summed E-state index contributed by atoms with van der Waals surface area (Å²) in [4.78, 5) is 38.0. The van der Waals surface area contributed by atoms with E-state index in [4.69, 9.17) is 27.6 Å². The van der Waals surface area contributed by atoms with Gasteiger partial charge in [-0.15, -0.1) is 0 Å². The zero-order valence-electron chi connectivity index (χ0n) is 12.5. The molecule has 3 rings (SSSR count). The summed E-state index contributed by atoms with van der Waals surface area (Å²) >= 11 is 11.7. The van der Waals surface area contributed by atoms with Crippen molar-refractivity contribution < 1.29 is 18.8 Å². The minimum absolute atomic E-state index is 0.222. The van der Waals surface area contributed by atoms with E-state index in [0.29, 0.717) is 10.8 Å². The fourth-order valence-electron chi connectivity index (χ4n) is 2.48. The van der Waals surface area contributed by atoms with Crippen molar-refractivity contribution >= 4 is 40.9 Å². The molecule has 0 radical (unpaired) electrons. The van der Waals surface area contributed by atoms with Crippen molar-refractivity contribution in [2.75, 3.05) is 6.54 Å². The third kappa shape index (κ3) is 2.68. The minimum Gasteiger partial charge on any atom is -0.466 e. The number of hydrogen-bond donors (Lipinski definition) is 1. The Morgan fingerprint density at radius 3 is 2.62 bits per heavy atom. The molecule has 0 saturated carbocycles. The van der Waals surface area contributed by atoms with Crippen molar-refractivity contribution in [2.24, 2.45) is 0 Å². The molecule has 1 unspecified atom stereocenters. The number of nitrogens with one attached hydrogen (secondary N) is 1. The van der Waals surface area contributed by atoms with Crippen LogP contribution >= 0.6 is 23.2 Å². The van der Waals surface area contributed by atoms with Gasteiger partial charge in [-0.25, -0.2) is 4.79 Å². The number of imide groups is 1. The molecule has 1 aromatic heterocycles. The lowest BCUT2D eigenvalue weighted by Crippen LogP contribution is -2.41. The largest absolute Gasteiger partial charge is 0.466 e. The number of rotatable bonds is 4. The van der Waals surface area contributed by atoms with Gasteiger partial charge in [-0.3, -0.25) is 14.5 Å². The van der Waals surface area contributed by atoms with E-state index in [1.807, 2.05) is 0 Å². The maximum absolute atomic E-state index is 12.6. The van der Waals surface area contributed by atoms with E-state index >= 15 is 0 Å². The van der Waals surface area contributed by atoms with Gasteiger partial charge in [0, 0.05) is 5.56 Å². The smallest absolute Gasteiger partial charge is 0.325 e. The van der Waals surface area contributed by atoms with Crippen LogP contribution in [0.25, 0.3) is 0 Å². The van der Waals surface area contributed by atoms with Crippen LogP contribution in [0.5, 0.6) is 0 Å². The predicted molar refractivity (Wildman–Crippen MR) is 87.1 cm³/mol. The van der Waals surface area contributed by atoms with Gasteiger partial charge in [0.1, 0.15) is 5.76 Å². The van der Waals surface area contributed by atoms with Crippen LogP contribution < -0.4 is 5.32 Å².